The van der Waals surface area contributed by atoms with Gasteiger partial charge in [0.2, 0.25) is 5.91 Å². The lowest BCUT2D eigenvalue weighted by molar-refractivity contribution is -0.303. The van der Waals surface area contributed by atoms with Gasteiger partial charge in [0.05, 0.1) is 25.4 Å². The van der Waals surface area contributed by atoms with Gasteiger partial charge in [0.25, 0.3) is 0 Å². The molecule has 0 bridgehead atoms. The van der Waals surface area contributed by atoms with E-state index in [1.807, 2.05) is 0 Å². The zero-order chi connectivity index (χ0) is 53.1. The molecule has 0 radical (unpaired) electrons. The van der Waals surface area contributed by atoms with Crippen LogP contribution in [0.2, 0.25) is 0 Å². The van der Waals surface area contributed by atoms with Crippen LogP contribution in [0.15, 0.2) is 0 Å². The topological polar surface area (TPSA) is 169 Å². The number of nitrogens with one attached hydrogen (secondary N) is 1. The van der Waals surface area contributed by atoms with Crippen LogP contribution in [0.25, 0.3) is 0 Å². The third-order valence-corrected chi connectivity index (χ3v) is 16.1. The molecule has 2 unspecified atom stereocenters. The van der Waals surface area contributed by atoms with E-state index in [-0.39, 0.29) is 18.9 Å². The zero-order valence-corrected chi connectivity index (χ0v) is 48.3. The summed E-state index contributed by atoms with van der Waals surface area (Å²) in [4.78, 5) is 13.1. The van der Waals surface area contributed by atoms with Crippen molar-refractivity contribution in [2.24, 2.45) is 0 Å². The van der Waals surface area contributed by atoms with E-state index < -0.39 is 55.6 Å². The maximum atomic E-state index is 13.1. The molecule has 0 spiro atoms. The molecule has 10 nitrogen and oxygen atoms in total. The number of carbonyl (C=O) groups is 1. The van der Waals surface area contributed by atoms with Gasteiger partial charge >= 0.3 is 0 Å². The average molecular weight is 1040 g/mol. The van der Waals surface area contributed by atoms with E-state index in [2.05, 4.69) is 19.2 Å². The Balaban J connectivity index is 2.11. The Kier molecular flexibility index (Phi) is 51.1. The van der Waals surface area contributed by atoms with Crippen molar-refractivity contribution < 1.29 is 44.9 Å². The van der Waals surface area contributed by atoms with Crippen molar-refractivity contribution in [2.45, 2.75) is 384 Å². The van der Waals surface area contributed by atoms with Crippen LogP contribution >= 0.6 is 0 Å². The maximum absolute atomic E-state index is 13.1. The summed E-state index contributed by atoms with van der Waals surface area (Å²) >= 11 is 0. The molecule has 0 aliphatic carbocycles. The minimum atomic E-state index is -1.60. The number of hydrogen-bond acceptors (Lipinski definition) is 9. The normalized spacial score (nSPS) is 19.4. The summed E-state index contributed by atoms with van der Waals surface area (Å²) in [7, 11) is 0. The number of unbranched alkanes of at least 4 members (excludes halogenated alkanes) is 46. The maximum Gasteiger partial charge on any atom is 0.220 e. The second-order valence-corrected chi connectivity index (χ2v) is 23.1. The first-order valence-electron chi connectivity index (χ1n) is 32.3. The van der Waals surface area contributed by atoms with E-state index >= 15 is 0 Å². The van der Waals surface area contributed by atoms with Gasteiger partial charge in [-0.15, -0.1) is 0 Å². The molecule has 0 aromatic heterocycles. The van der Waals surface area contributed by atoms with E-state index in [0.29, 0.717) is 6.42 Å². The number of carbonyl (C=O) groups excluding carboxylic acids is 1. The quantitative estimate of drug-likeness (QED) is 0.0293. The van der Waals surface area contributed by atoms with E-state index in [9.17, 15) is 35.4 Å². The Morgan fingerprint density at radius 1 is 0.425 bits per heavy atom. The molecule has 1 rings (SSSR count). The van der Waals surface area contributed by atoms with Gasteiger partial charge in [0, 0.05) is 6.42 Å². The molecule has 10 heteroatoms. The van der Waals surface area contributed by atoms with Crippen molar-refractivity contribution >= 4 is 5.91 Å². The summed E-state index contributed by atoms with van der Waals surface area (Å²) < 4.78 is 11.2. The van der Waals surface area contributed by atoms with Gasteiger partial charge < -0.3 is 45.4 Å². The lowest BCUT2D eigenvalue weighted by Crippen LogP contribution is -2.60. The van der Waals surface area contributed by atoms with E-state index in [0.717, 1.165) is 38.5 Å². The molecule has 0 aromatic rings. The highest BCUT2D eigenvalue weighted by molar-refractivity contribution is 5.76. The largest absolute Gasteiger partial charge is 0.394 e. The van der Waals surface area contributed by atoms with Gasteiger partial charge in [0.1, 0.15) is 30.5 Å². The number of amides is 1. The summed E-state index contributed by atoms with van der Waals surface area (Å²) in [6.07, 6.45) is 54.4. The molecule has 0 saturated carbocycles. The van der Waals surface area contributed by atoms with Crippen molar-refractivity contribution in [3.8, 4) is 0 Å². The summed E-state index contributed by atoms with van der Waals surface area (Å²) in [5.41, 5.74) is 0. The predicted octanol–water partition coefficient (Wildman–Crippen LogP) is 15.6. The van der Waals surface area contributed by atoms with Crippen molar-refractivity contribution in [3.63, 3.8) is 0 Å². The Labute approximate surface area is 451 Å². The van der Waals surface area contributed by atoms with E-state index in [1.165, 1.54) is 270 Å². The molecule has 1 fully saturated rings. The number of aliphatic hydroxyl groups is 6. The SMILES string of the molecule is CCCCCCCCCCCCCCCCCCCCCCCCCCCCCCCCCCCC(=O)N[C@@H](CO[C@@H]1O[C@H](CO)[C@H](O)C(O)C1O)[C@H](O)[C@H](O)CCCCCCCCCCCCCCCCC. The fraction of sp³-hybridized carbons (Fsp3) is 0.984. The molecule has 1 aliphatic heterocycles. The van der Waals surface area contributed by atoms with Crippen molar-refractivity contribution in [1.29, 1.82) is 0 Å². The van der Waals surface area contributed by atoms with Gasteiger partial charge in [-0.2, -0.15) is 0 Å². The fourth-order valence-corrected chi connectivity index (χ4v) is 10.9. The molecule has 7 N–H and O–H groups in total. The van der Waals surface area contributed by atoms with Gasteiger partial charge in [-0.05, 0) is 12.8 Å². The fourth-order valence-electron chi connectivity index (χ4n) is 10.9. The minimum absolute atomic E-state index is 0.249. The molecule has 1 aliphatic rings. The zero-order valence-electron chi connectivity index (χ0n) is 48.3. The van der Waals surface area contributed by atoms with Gasteiger partial charge in [-0.1, -0.05) is 316 Å². The molecular weight excluding hydrogens is 915 g/mol. The summed E-state index contributed by atoms with van der Waals surface area (Å²) in [5.74, 6) is -0.249. The van der Waals surface area contributed by atoms with E-state index in [1.54, 1.807) is 0 Å². The van der Waals surface area contributed by atoms with Gasteiger partial charge in [-0.3, -0.25) is 4.79 Å². The van der Waals surface area contributed by atoms with Crippen molar-refractivity contribution in [1.82, 2.24) is 5.32 Å². The van der Waals surface area contributed by atoms with Crippen LogP contribution in [-0.2, 0) is 14.3 Å². The molecule has 436 valence electrons. The molecule has 8 atom stereocenters. The predicted molar refractivity (Wildman–Crippen MR) is 306 cm³/mol. The van der Waals surface area contributed by atoms with Crippen LogP contribution < -0.4 is 5.32 Å². The second-order valence-electron chi connectivity index (χ2n) is 23.1. The second kappa shape index (κ2) is 53.2. The Hall–Kier alpha value is -0.850. The highest BCUT2D eigenvalue weighted by Gasteiger charge is 2.44. The lowest BCUT2D eigenvalue weighted by atomic mass is 9.98. The monoisotopic (exact) mass is 1040 g/mol. The standard InChI is InChI=1S/C63H125NO9/c1-3-5-7-9-11-13-15-17-19-20-21-22-23-24-25-26-27-28-29-30-31-32-33-34-35-36-38-40-42-44-46-48-50-52-58(67)64-55(54-72-63-62(71)61(70)60(69)57(53-65)73-63)59(68)56(66)51-49-47-45-43-41-39-37-18-16-14-12-10-8-6-4-2/h55-57,59-63,65-66,68-71H,3-54H2,1-2H3,(H,64,67)/t55-,56+,57+,59-,60-,61?,62?,63+/m0/s1. The third-order valence-electron chi connectivity index (χ3n) is 16.1. The van der Waals surface area contributed by atoms with Crippen LogP contribution in [-0.4, -0.2) is 98.7 Å². The molecule has 1 amide bonds. The molecule has 73 heavy (non-hydrogen) atoms. The summed E-state index contributed by atoms with van der Waals surface area (Å²) in [6.45, 7) is 3.66. The van der Waals surface area contributed by atoms with Crippen molar-refractivity contribution in [2.75, 3.05) is 13.2 Å². The minimum Gasteiger partial charge on any atom is -0.394 e. The smallest absolute Gasteiger partial charge is 0.220 e. The summed E-state index contributed by atoms with van der Waals surface area (Å²) in [5, 5.41) is 65.6. The number of hydrogen-bond donors (Lipinski definition) is 7. The van der Waals surface area contributed by atoms with Crippen LogP contribution in [0, 0.1) is 0 Å². The Morgan fingerprint density at radius 3 is 1.01 bits per heavy atom. The van der Waals surface area contributed by atoms with E-state index in [4.69, 9.17) is 9.47 Å². The summed E-state index contributed by atoms with van der Waals surface area (Å²) in [6, 6.07) is -0.987. The van der Waals surface area contributed by atoms with Crippen LogP contribution in [0.3, 0.4) is 0 Å². The highest BCUT2D eigenvalue weighted by atomic mass is 16.7. The Bertz CT molecular complexity index is 1130. The Morgan fingerprint density at radius 2 is 0.712 bits per heavy atom. The molecule has 1 heterocycles. The number of rotatable bonds is 57. The van der Waals surface area contributed by atoms with Crippen molar-refractivity contribution in [3.05, 3.63) is 0 Å². The first-order valence-corrected chi connectivity index (χ1v) is 32.3. The van der Waals surface area contributed by atoms with Gasteiger partial charge in [0.15, 0.2) is 6.29 Å². The number of aliphatic hydroxyl groups excluding tert-OH is 6. The first-order chi connectivity index (χ1) is 35.8. The third kappa shape index (κ3) is 41.9. The molecular formula is C63H125NO9. The van der Waals surface area contributed by atoms with Crippen LogP contribution in [0.1, 0.15) is 335 Å². The van der Waals surface area contributed by atoms with Crippen LogP contribution in [0.4, 0.5) is 0 Å². The van der Waals surface area contributed by atoms with Gasteiger partial charge in [-0.25, -0.2) is 0 Å². The molecule has 1 saturated heterocycles. The number of ether oxygens (including phenoxy) is 2. The van der Waals surface area contributed by atoms with Crippen LogP contribution in [0.5, 0.6) is 0 Å². The highest BCUT2D eigenvalue weighted by Crippen LogP contribution is 2.24. The first kappa shape index (κ1) is 70.2. The lowest BCUT2D eigenvalue weighted by Gasteiger charge is -2.40. The average Bonchev–Trinajstić information content (AvgIpc) is 3.39. The molecule has 0 aromatic carbocycles.